The molecule has 3 rings (SSSR count). The van der Waals surface area contributed by atoms with Crippen LogP contribution in [-0.2, 0) is 6.54 Å². The second-order valence-electron chi connectivity index (χ2n) is 7.34. The van der Waals surface area contributed by atoms with E-state index >= 15 is 0 Å². The normalized spacial score (nSPS) is 11.4. The predicted octanol–water partition coefficient (Wildman–Crippen LogP) is 3.49. The molecular weight excluding hydrogens is 374 g/mol. The van der Waals surface area contributed by atoms with E-state index in [-0.39, 0.29) is 23.8 Å². The summed E-state index contributed by atoms with van der Waals surface area (Å²) in [5, 5.41) is 0.357. The lowest BCUT2D eigenvalue weighted by Gasteiger charge is -2.15. The van der Waals surface area contributed by atoms with Gasteiger partial charge in [0.1, 0.15) is 10.7 Å². The molecule has 1 aromatic carbocycles. The van der Waals surface area contributed by atoms with Gasteiger partial charge < -0.3 is 5.73 Å². The molecule has 0 spiro atoms. The maximum absolute atomic E-state index is 13.2. The van der Waals surface area contributed by atoms with Gasteiger partial charge in [0.25, 0.3) is 11.5 Å². The van der Waals surface area contributed by atoms with Crippen LogP contribution in [0.2, 0.25) is 0 Å². The van der Waals surface area contributed by atoms with Crippen molar-refractivity contribution in [2.75, 3.05) is 0 Å². The first-order valence-electron chi connectivity index (χ1n) is 9.05. The Balaban J connectivity index is 2.17. The van der Waals surface area contributed by atoms with Gasteiger partial charge in [0.05, 0.1) is 16.8 Å². The first-order chi connectivity index (χ1) is 13.1. The van der Waals surface area contributed by atoms with Gasteiger partial charge in [-0.1, -0.05) is 26.0 Å². The fourth-order valence-electron chi connectivity index (χ4n) is 3.21. The number of ketones is 1. The molecule has 7 heteroatoms. The molecule has 2 aromatic heterocycles. The molecule has 28 heavy (non-hydrogen) atoms. The van der Waals surface area contributed by atoms with Crippen LogP contribution in [0.4, 0.5) is 0 Å². The number of aromatic nitrogens is 2. The van der Waals surface area contributed by atoms with Crippen LogP contribution in [0.3, 0.4) is 0 Å². The molecule has 0 aliphatic rings. The van der Waals surface area contributed by atoms with Crippen molar-refractivity contribution in [2.24, 2.45) is 5.73 Å². The molecule has 0 bridgehead atoms. The van der Waals surface area contributed by atoms with Gasteiger partial charge >= 0.3 is 0 Å². The average molecular weight is 398 g/mol. The van der Waals surface area contributed by atoms with E-state index < -0.39 is 5.91 Å². The number of aryl methyl sites for hydroxylation is 3. The summed E-state index contributed by atoms with van der Waals surface area (Å²) < 4.78 is 1.43. The van der Waals surface area contributed by atoms with Crippen LogP contribution in [0.25, 0.3) is 10.2 Å². The highest BCUT2D eigenvalue weighted by Gasteiger charge is 2.22. The minimum Gasteiger partial charge on any atom is -0.365 e. The highest BCUT2D eigenvalue weighted by Crippen LogP contribution is 2.28. The Hall–Kier alpha value is -2.80. The second kappa shape index (κ2) is 7.31. The third-order valence-corrected chi connectivity index (χ3v) is 6.15. The zero-order valence-corrected chi connectivity index (χ0v) is 17.4. The molecular formula is C21H23N3O3S. The first-order valence-corrected chi connectivity index (χ1v) is 9.87. The molecule has 0 saturated heterocycles. The van der Waals surface area contributed by atoms with Crippen molar-refractivity contribution < 1.29 is 9.59 Å². The van der Waals surface area contributed by atoms with Crippen LogP contribution in [-0.4, -0.2) is 21.2 Å². The van der Waals surface area contributed by atoms with Crippen molar-refractivity contribution in [2.45, 2.75) is 47.1 Å². The van der Waals surface area contributed by atoms with Crippen LogP contribution in [0.1, 0.15) is 62.3 Å². The Morgan fingerprint density at radius 3 is 2.43 bits per heavy atom. The number of Topliss-reactive ketones (excluding diaryl/α,β-unsaturated/α-hetero) is 1. The van der Waals surface area contributed by atoms with E-state index in [2.05, 4.69) is 4.98 Å². The minimum atomic E-state index is -0.580. The van der Waals surface area contributed by atoms with Gasteiger partial charge in [-0.25, -0.2) is 4.98 Å². The molecule has 2 heterocycles. The maximum atomic E-state index is 13.2. The third kappa shape index (κ3) is 3.38. The van der Waals surface area contributed by atoms with E-state index in [1.165, 1.54) is 4.57 Å². The van der Waals surface area contributed by atoms with Crippen LogP contribution >= 0.6 is 11.3 Å². The summed E-state index contributed by atoms with van der Waals surface area (Å²) in [5.41, 5.74) is 8.32. The fraction of sp³-hybridized carbons (Fsp3) is 0.333. The Labute approximate surface area is 167 Å². The molecule has 146 valence electrons. The fourth-order valence-corrected chi connectivity index (χ4v) is 4.24. The highest BCUT2D eigenvalue weighted by atomic mass is 32.1. The van der Waals surface area contributed by atoms with Crippen molar-refractivity contribution in [3.8, 4) is 0 Å². The minimum absolute atomic E-state index is 0.0657. The molecule has 6 nitrogen and oxygen atoms in total. The summed E-state index contributed by atoms with van der Waals surface area (Å²) in [6.45, 7) is 9.36. The number of fused-ring (bicyclic) bond motifs is 1. The molecule has 2 N–H and O–H groups in total. The van der Waals surface area contributed by atoms with Gasteiger partial charge in [-0.05, 0) is 43.5 Å². The first kappa shape index (κ1) is 19.9. The van der Waals surface area contributed by atoms with E-state index in [0.29, 0.717) is 32.0 Å². The number of benzene rings is 1. The summed E-state index contributed by atoms with van der Waals surface area (Å²) in [5.74, 6) is -0.281. The Bertz CT molecular complexity index is 1170. The van der Waals surface area contributed by atoms with Gasteiger partial charge in [0, 0.05) is 11.5 Å². The molecule has 0 fully saturated rings. The highest BCUT2D eigenvalue weighted by molar-refractivity contribution is 7.20. The Morgan fingerprint density at radius 1 is 1.18 bits per heavy atom. The van der Waals surface area contributed by atoms with Crippen LogP contribution in [0, 0.1) is 20.8 Å². The number of primary amides is 1. The predicted molar refractivity (Wildman–Crippen MR) is 111 cm³/mol. The molecule has 0 saturated carbocycles. The molecule has 1 amide bonds. The van der Waals surface area contributed by atoms with Crippen LogP contribution < -0.4 is 11.3 Å². The van der Waals surface area contributed by atoms with Crippen molar-refractivity contribution >= 4 is 33.2 Å². The van der Waals surface area contributed by atoms with Crippen LogP contribution in [0.5, 0.6) is 0 Å². The number of nitrogens with zero attached hydrogens (tertiary/aromatic N) is 2. The smallest absolute Gasteiger partial charge is 0.263 e. The van der Waals surface area contributed by atoms with Gasteiger partial charge in [0.15, 0.2) is 5.78 Å². The maximum Gasteiger partial charge on any atom is 0.263 e. The van der Waals surface area contributed by atoms with Crippen LogP contribution in [0.15, 0.2) is 23.0 Å². The SMILES string of the molecule is Cc1ccc(C(=O)Cn2c(C(C)C)nc3sc(C(N)=O)c(C)c3c2=O)cc1C. The lowest BCUT2D eigenvalue weighted by atomic mass is 10.0. The van der Waals surface area contributed by atoms with E-state index in [1.54, 1.807) is 13.0 Å². The molecule has 0 atom stereocenters. The largest absolute Gasteiger partial charge is 0.365 e. The monoisotopic (exact) mass is 397 g/mol. The number of carbonyl (C=O) groups excluding carboxylic acids is 2. The van der Waals surface area contributed by atoms with Crippen molar-refractivity contribution in [3.05, 3.63) is 61.5 Å². The molecule has 3 aromatic rings. The van der Waals surface area contributed by atoms with Crippen molar-refractivity contribution in [3.63, 3.8) is 0 Å². The number of carbonyl (C=O) groups is 2. The average Bonchev–Trinajstić information content (AvgIpc) is 2.96. The molecule has 0 radical (unpaired) electrons. The van der Waals surface area contributed by atoms with Crippen molar-refractivity contribution in [1.82, 2.24) is 9.55 Å². The van der Waals surface area contributed by atoms with Crippen molar-refractivity contribution in [1.29, 1.82) is 0 Å². The number of amides is 1. The van der Waals surface area contributed by atoms with E-state index in [0.717, 1.165) is 22.5 Å². The van der Waals surface area contributed by atoms with Gasteiger partial charge in [-0.15, -0.1) is 11.3 Å². The topological polar surface area (TPSA) is 95.0 Å². The molecule has 0 aliphatic heterocycles. The summed E-state index contributed by atoms with van der Waals surface area (Å²) in [6.07, 6.45) is 0. The lowest BCUT2D eigenvalue weighted by molar-refractivity contribution is 0.0967. The standard InChI is InChI=1S/C21H23N3O3S/c1-10(2)19-23-20-16(13(5)17(28-20)18(22)26)21(27)24(19)9-15(25)14-7-6-11(3)12(4)8-14/h6-8,10H,9H2,1-5H3,(H2,22,26). The van der Waals surface area contributed by atoms with Gasteiger partial charge in [0.2, 0.25) is 0 Å². The second-order valence-corrected chi connectivity index (χ2v) is 8.34. The number of thiophene rings is 1. The van der Waals surface area contributed by atoms with E-state index in [4.69, 9.17) is 5.73 Å². The number of nitrogens with two attached hydrogens (primary N) is 1. The van der Waals surface area contributed by atoms with Gasteiger partial charge in [-0.2, -0.15) is 0 Å². The number of rotatable bonds is 5. The summed E-state index contributed by atoms with van der Waals surface area (Å²) in [6, 6.07) is 5.51. The lowest BCUT2D eigenvalue weighted by Crippen LogP contribution is -2.29. The zero-order valence-electron chi connectivity index (χ0n) is 16.6. The number of hydrogen-bond acceptors (Lipinski definition) is 5. The van der Waals surface area contributed by atoms with Gasteiger partial charge in [-0.3, -0.25) is 19.0 Å². The van der Waals surface area contributed by atoms with E-state index in [9.17, 15) is 14.4 Å². The summed E-state index contributed by atoms with van der Waals surface area (Å²) in [4.78, 5) is 43.2. The molecule has 0 unspecified atom stereocenters. The van der Waals surface area contributed by atoms with E-state index in [1.807, 2.05) is 39.8 Å². The quantitative estimate of drug-likeness (QED) is 0.667. The third-order valence-electron chi connectivity index (χ3n) is 4.95. The summed E-state index contributed by atoms with van der Waals surface area (Å²) >= 11 is 1.12. The number of hydrogen-bond donors (Lipinski definition) is 1. The zero-order chi connectivity index (χ0) is 20.7. The Morgan fingerprint density at radius 2 is 1.86 bits per heavy atom. The molecule has 0 aliphatic carbocycles. The Kier molecular flexibility index (Phi) is 5.21. The summed E-state index contributed by atoms with van der Waals surface area (Å²) in [7, 11) is 0.